The molecule has 2 fully saturated rings. The highest BCUT2D eigenvalue weighted by atomic mass is 16.5. The van der Waals surface area contributed by atoms with Gasteiger partial charge in [0.1, 0.15) is 0 Å². The van der Waals surface area contributed by atoms with E-state index in [2.05, 4.69) is 12.2 Å². The highest BCUT2D eigenvalue weighted by Gasteiger charge is 2.67. The SMILES string of the molecule is COC(=O)[C@@]12CC1CN[C@@H]2C. The Bertz CT molecular complexity index is 204. The summed E-state index contributed by atoms with van der Waals surface area (Å²) in [7, 11) is 1.47. The summed E-state index contributed by atoms with van der Waals surface area (Å²) < 4.78 is 4.77. The number of methoxy groups -OCH3 is 1. The lowest BCUT2D eigenvalue weighted by Crippen LogP contribution is -2.34. The van der Waals surface area contributed by atoms with Gasteiger partial charge < -0.3 is 10.1 Å². The first-order valence-corrected chi connectivity index (χ1v) is 4.03. The van der Waals surface area contributed by atoms with Crippen LogP contribution >= 0.6 is 0 Å². The van der Waals surface area contributed by atoms with Crippen LogP contribution in [0, 0.1) is 11.3 Å². The Morgan fingerprint density at radius 3 is 2.82 bits per heavy atom. The summed E-state index contributed by atoms with van der Waals surface area (Å²) in [5.41, 5.74) is -0.144. The van der Waals surface area contributed by atoms with Crippen LogP contribution in [0.25, 0.3) is 0 Å². The number of hydrogen-bond donors (Lipinski definition) is 1. The van der Waals surface area contributed by atoms with Crippen molar-refractivity contribution in [3.63, 3.8) is 0 Å². The summed E-state index contributed by atoms with van der Waals surface area (Å²) >= 11 is 0. The van der Waals surface area contributed by atoms with E-state index in [1.807, 2.05) is 0 Å². The molecule has 0 spiro atoms. The van der Waals surface area contributed by atoms with Gasteiger partial charge in [-0.05, 0) is 25.8 Å². The Morgan fingerprint density at radius 2 is 2.45 bits per heavy atom. The van der Waals surface area contributed by atoms with E-state index < -0.39 is 0 Å². The zero-order valence-corrected chi connectivity index (χ0v) is 6.89. The van der Waals surface area contributed by atoms with Crippen molar-refractivity contribution in [2.75, 3.05) is 13.7 Å². The fraction of sp³-hybridized carbons (Fsp3) is 0.875. The molecule has 0 amide bonds. The molecule has 1 saturated carbocycles. The largest absolute Gasteiger partial charge is 0.469 e. The number of ether oxygens (including phenoxy) is 1. The molecule has 62 valence electrons. The number of rotatable bonds is 1. The summed E-state index contributed by atoms with van der Waals surface area (Å²) in [4.78, 5) is 11.3. The molecule has 0 aromatic carbocycles. The molecule has 1 N–H and O–H groups in total. The van der Waals surface area contributed by atoms with E-state index in [0.29, 0.717) is 12.0 Å². The topological polar surface area (TPSA) is 38.3 Å². The smallest absolute Gasteiger partial charge is 0.313 e. The third-order valence-electron chi connectivity index (χ3n) is 3.16. The number of carbonyl (C=O) groups excluding carboxylic acids is 1. The van der Waals surface area contributed by atoms with Crippen molar-refractivity contribution in [3.8, 4) is 0 Å². The Labute approximate surface area is 66.1 Å². The van der Waals surface area contributed by atoms with Gasteiger partial charge in [0.2, 0.25) is 0 Å². The molecule has 1 aliphatic heterocycles. The number of esters is 1. The Kier molecular flexibility index (Phi) is 1.27. The van der Waals surface area contributed by atoms with E-state index >= 15 is 0 Å². The molecule has 2 rings (SSSR count). The summed E-state index contributed by atoms with van der Waals surface area (Å²) in [6.45, 7) is 3.04. The first-order chi connectivity index (χ1) is 5.21. The van der Waals surface area contributed by atoms with E-state index in [9.17, 15) is 4.79 Å². The molecular weight excluding hydrogens is 142 g/mol. The normalized spacial score (nSPS) is 46.7. The molecule has 0 aromatic heterocycles. The van der Waals surface area contributed by atoms with Crippen LogP contribution in [0.4, 0.5) is 0 Å². The lowest BCUT2D eigenvalue weighted by atomic mass is 9.99. The molecule has 0 radical (unpaired) electrons. The van der Waals surface area contributed by atoms with Crippen molar-refractivity contribution in [3.05, 3.63) is 0 Å². The standard InChI is InChI=1S/C8H13NO2/c1-5-8(7(10)11-2)3-6(8)4-9-5/h5-6,9H,3-4H2,1-2H3/t5-,6?,8-/m1/s1. The Morgan fingerprint density at radius 1 is 1.73 bits per heavy atom. The summed E-state index contributed by atoms with van der Waals surface area (Å²) in [5, 5.41) is 3.27. The van der Waals surface area contributed by atoms with Crippen LogP contribution < -0.4 is 5.32 Å². The molecule has 1 unspecified atom stereocenters. The molecular formula is C8H13NO2. The van der Waals surface area contributed by atoms with Crippen LogP contribution in [0.5, 0.6) is 0 Å². The number of fused-ring (bicyclic) bond motifs is 1. The summed E-state index contributed by atoms with van der Waals surface area (Å²) in [6.07, 6.45) is 1.02. The van der Waals surface area contributed by atoms with E-state index in [-0.39, 0.29) is 11.4 Å². The van der Waals surface area contributed by atoms with Crippen molar-refractivity contribution < 1.29 is 9.53 Å². The molecule has 3 atom stereocenters. The van der Waals surface area contributed by atoms with Crippen molar-refractivity contribution >= 4 is 5.97 Å². The fourth-order valence-electron chi connectivity index (χ4n) is 2.25. The van der Waals surface area contributed by atoms with Crippen molar-refractivity contribution in [1.82, 2.24) is 5.32 Å². The van der Waals surface area contributed by atoms with Crippen LogP contribution in [0.3, 0.4) is 0 Å². The highest BCUT2D eigenvalue weighted by Crippen LogP contribution is 2.58. The molecule has 0 bridgehead atoms. The quantitative estimate of drug-likeness (QED) is 0.548. The molecule has 2 aliphatic rings. The van der Waals surface area contributed by atoms with Gasteiger partial charge in [0.15, 0.2) is 0 Å². The van der Waals surface area contributed by atoms with Crippen LogP contribution in [-0.4, -0.2) is 25.7 Å². The van der Waals surface area contributed by atoms with Crippen LogP contribution in [0.15, 0.2) is 0 Å². The minimum absolute atomic E-state index is 0.0278. The first kappa shape index (κ1) is 7.10. The summed E-state index contributed by atoms with van der Waals surface area (Å²) in [6, 6.07) is 0.306. The van der Waals surface area contributed by atoms with Gasteiger partial charge in [-0.25, -0.2) is 0 Å². The Hall–Kier alpha value is -0.570. The predicted molar refractivity (Wildman–Crippen MR) is 40.0 cm³/mol. The molecule has 3 heteroatoms. The van der Waals surface area contributed by atoms with Gasteiger partial charge in [0.25, 0.3) is 0 Å². The second-order valence-electron chi connectivity index (χ2n) is 3.56. The minimum atomic E-state index is -0.144. The number of hydrogen-bond acceptors (Lipinski definition) is 3. The molecule has 1 aliphatic carbocycles. The monoisotopic (exact) mass is 155 g/mol. The maximum atomic E-state index is 11.3. The van der Waals surface area contributed by atoms with Gasteiger partial charge in [-0.15, -0.1) is 0 Å². The van der Waals surface area contributed by atoms with Gasteiger partial charge in [0.05, 0.1) is 12.5 Å². The maximum Gasteiger partial charge on any atom is 0.313 e. The van der Waals surface area contributed by atoms with Gasteiger partial charge in [-0.2, -0.15) is 0 Å². The van der Waals surface area contributed by atoms with Crippen molar-refractivity contribution in [1.29, 1.82) is 0 Å². The molecule has 0 aromatic rings. The van der Waals surface area contributed by atoms with Crippen LogP contribution in [0.2, 0.25) is 0 Å². The molecule has 1 saturated heterocycles. The first-order valence-electron chi connectivity index (χ1n) is 4.03. The number of piperidine rings is 1. The zero-order chi connectivity index (χ0) is 8.06. The number of carbonyl (C=O) groups is 1. The van der Waals surface area contributed by atoms with Crippen LogP contribution in [0.1, 0.15) is 13.3 Å². The van der Waals surface area contributed by atoms with Gasteiger partial charge >= 0.3 is 5.97 Å². The average molecular weight is 155 g/mol. The maximum absolute atomic E-state index is 11.3. The summed E-state index contributed by atoms with van der Waals surface area (Å²) in [5.74, 6) is 0.518. The third kappa shape index (κ3) is 0.692. The Balaban J connectivity index is 2.18. The molecule has 3 nitrogen and oxygen atoms in total. The van der Waals surface area contributed by atoms with Gasteiger partial charge in [-0.3, -0.25) is 4.79 Å². The second kappa shape index (κ2) is 1.97. The average Bonchev–Trinajstić information content (AvgIpc) is 2.68. The van der Waals surface area contributed by atoms with Crippen molar-refractivity contribution in [2.24, 2.45) is 11.3 Å². The lowest BCUT2D eigenvalue weighted by Gasteiger charge is -2.16. The lowest BCUT2D eigenvalue weighted by molar-refractivity contribution is -0.147. The molecule has 11 heavy (non-hydrogen) atoms. The van der Waals surface area contributed by atoms with Crippen molar-refractivity contribution in [2.45, 2.75) is 19.4 Å². The zero-order valence-electron chi connectivity index (χ0n) is 6.89. The van der Waals surface area contributed by atoms with E-state index in [1.165, 1.54) is 7.11 Å². The van der Waals surface area contributed by atoms with Gasteiger partial charge in [0, 0.05) is 6.04 Å². The predicted octanol–water partition coefficient (Wildman–Crippen LogP) is 0.157. The highest BCUT2D eigenvalue weighted by molar-refractivity contribution is 5.82. The van der Waals surface area contributed by atoms with E-state index in [1.54, 1.807) is 0 Å². The van der Waals surface area contributed by atoms with E-state index in [0.717, 1.165) is 13.0 Å². The number of nitrogens with one attached hydrogen (secondary N) is 1. The fourth-order valence-corrected chi connectivity index (χ4v) is 2.25. The second-order valence-corrected chi connectivity index (χ2v) is 3.56. The third-order valence-corrected chi connectivity index (χ3v) is 3.16. The van der Waals surface area contributed by atoms with E-state index in [4.69, 9.17) is 4.74 Å². The van der Waals surface area contributed by atoms with Crippen LogP contribution in [-0.2, 0) is 9.53 Å². The minimum Gasteiger partial charge on any atom is -0.469 e. The molecule has 1 heterocycles. The van der Waals surface area contributed by atoms with Gasteiger partial charge in [-0.1, -0.05) is 0 Å².